The molecule has 2 aromatic rings. The van der Waals surface area contributed by atoms with Gasteiger partial charge >= 0.3 is 0 Å². The Hall–Kier alpha value is -2.09. The largest absolute Gasteiger partial charge is 0.325 e. The van der Waals surface area contributed by atoms with E-state index in [4.69, 9.17) is 0 Å². The molecule has 2 aromatic carbocycles. The zero-order valence-electron chi connectivity index (χ0n) is 14.8. The van der Waals surface area contributed by atoms with Gasteiger partial charge in [-0.3, -0.25) is 4.79 Å². The summed E-state index contributed by atoms with van der Waals surface area (Å²) in [6, 6.07) is 14.4. The molecule has 2 rings (SSSR count). The fourth-order valence-corrected chi connectivity index (χ4v) is 2.86. The standard InChI is InChI=1S/C21H27NO/c1-14(2)18-11-8-12-19(15(3)4)21(18)22-20(23)13-17-10-7-6-9-16(17)5/h6-12,14-15H,13H2,1-5H3,(H,22,23). The molecular formula is C21H27NO. The molecule has 23 heavy (non-hydrogen) atoms. The lowest BCUT2D eigenvalue weighted by molar-refractivity contribution is -0.115. The van der Waals surface area contributed by atoms with E-state index >= 15 is 0 Å². The predicted octanol–water partition coefficient (Wildman–Crippen LogP) is 5.42. The number of carbonyl (C=O) groups is 1. The molecule has 0 aliphatic rings. The lowest BCUT2D eigenvalue weighted by atomic mass is 9.92. The minimum atomic E-state index is 0.0503. The van der Waals surface area contributed by atoms with E-state index in [1.165, 1.54) is 11.1 Å². The first kappa shape index (κ1) is 17.3. The second-order valence-corrected chi connectivity index (χ2v) is 6.77. The van der Waals surface area contributed by atoms with E-state index < -0.39 is 0 Å². The molecule has 1 N–H and O–H groups in total. The Morgan fingerprint density at radius 3 is 2.00 bits per heavy atom. The zero-order valence-corrected chi connectivity index (χ0v) is 14.8. The molecule has 0 aliphatic carbocycles. The van der Waals surface area contributed by atoms with E-state index in [0.29, 0.717) is 18.3 Å². The van der Waals surface area contributed by atoms with Gasteiger partial charge in [-0.1, -0.05) is 70.2 Å². The molecule has 1 amide bonds. The fourth-order valence-electron chi connectivity index (χ4n) is 2.86. The fraction of sp³-hybridized carbons (Fsp3) is 0.381. The summed E-state index contributed by atoms with van der Waals surface area (Å²) in [6.45, 7) is 10.7. The molecule has 0 aromatic heterocycles. The number of para-hydroxylation sites is 1. The van der Waals surface area contributed by atoms with Gasteiger partial charge in [-0.2, -0.15) is 0 Å². The Morgan fingerprint density at radius 1 is 0.913 bits per heavy atom. The SMILES string of the molecule is Cc1ccccc1CC(=O)Nc1c(C(C)C)cccc1C(C)C. The third kappa shape index (κ3) is 4.22. The first-order chi connectivity index (χ1) is 10.9. The van der Waals surface area contributed by atoms with Gasteiger partial charge in [-0.15, -0.1) is 0 Å². The summed E-state index contributed by atoms with van der Waals surface area (Å²) >= 11 is 0. The van der Waals surface area contributed by atoms with Crippen molar-refractivity contribution in [2.45, 2.75) is 52.9 Å². The Balaban J connectivity index is 2.28. The van der Waals surface area contributed by atoms with Crippen molar-refractivity contribution in [3.8, 4) is 0 Å². The number of amides is 1. The molecule has 0 aliphatic heterocycles. The Kier molecular flexibility index (Phi) is 5.59. The molecule has 0 saturated carbocycles. The van der Waals surface area contributed by atoms with Crippen molar-refractivity contribution in [2.24, 2.45) is 0 Å². The second kappa shape index (κ2) is 7.45. The number of anilines is 1. The first-order valence-corrected chi connectivity index (χ1v) is 8.37. The summed E-state index contributed by atoms with van der Waals surface area (Å²) in [5.41, 5.74) is 5.64. The third-order valence-electron chi connectivity index (χ3n) is 4.25. The number of benzene rings is 2. The number of nitrogens with one attached hydrogen (secondary N) is 1. The van der Waals surface area contributed by atoms with Crippen molar-refractivity contribution < 1.29 is 4.79 Å². The molecule has 0 radical (unpaired) electrons. The van der Waals surface area contributed by atoms with Crippen LogP contribution in [0, 0.1) is 6.92 Å². The van der Waals surface area contributed by atoms with Crippen LogP contribution in [0.2, 0.25) is 0 Å². The van der Waals surface area contributed by atoms with Crippen molar-refractivity contribution in [3.63, 3.8) is 0 Å². The molecule has 0 saturated heterocycles. The maximum absolute atomic E-state index is 12.6. The van der Waals surface area contributed by atoms with Crippen LogP contribution in [0.15, 0.2) is 42.5 Å². The minimum Gasteiger partial charge on any atom is -0.325 e. The number of rotatable bonds is 5. The summed E-state index contributed by atoms with van der Waals surface area (Å²) < 4.78 is 0. The van der Waals surface area contributed by atoms with E-state index in [1.807, 2.05) is 31.2 Å². The molecule has 0 unspecified atom stereocenters. The topological polar surface area (TPSA) is 29.1 Å². The van der Waals surface area contributed by atoms with Crippen molar-refractivity contribution in [3.05, 3.63) is 64.7 Å². The molecule has 0 heterocycles. The highest BCUT2D eigenvalue weighted by Gasteiger charge is 2.16. The van der Waals surface area contributed by atoms with Gasteiger partial charge in [0.1, 0.15) is 0 Å². The second-order valence-electron chi connectivity index (χ2n) is 6.77. The Morgan fingerprint density at radius 2 is 1.48 bits per heavy atom. The number of aryl methyl sites for hydroxylation is 1. The lowest BCUT2D eigenvalue weighted by Gasteiger charge is -2.20. The predicted molar refractivity (Wildman–Crippen MR) is 98.1 cm³/mol. The van der Waals surface area contributed by atoms with Crippen molar-refractivity contribution in [1.29, 1.82) is 0 Å². The summed E-state index contributed by atoms with van der Waals surface area (Å²) in [6.07, 6.45) is 0.413. The average molecular weight is 309 g/mol. The summed E-state index contributed by atoms with van der Waals surface area (Å²) in [5.74, 6) is 0.805. The van der Waals surface area contributed by atoms with E-state index in [0.717, 1.165) is 16.8 Å². The number of carbonyl (C=O) groups excluding carboxylic acids is 1. The molecule has 0 bridgehead atoms. The maximum Gasteiger partial charge on any atom is 0.228 e. The third-order valence-corrected chi connectivity index (χ3v) is 4.25. The van der Waals surface area contributed by atoms with E-state index in [2.05, 4.69) is 51.2 Å². The van der Waals surface area contributed by atoms with Crippen LogP contribution >= 0.6 is 0 Å². The minimum absolute atomic E-state index is 0.0503. The molecule has 0 fully saturated rings. The number of hydrogen-bond acceptors (Lipinski definition) is 1. The van der Waals surface area contributed by atoms with E-state index in [-0.39, 0.29) is 5.91 Å². The van der Waals surface area contributed by atoms with E-state index in [1.54, 1.807) is 0 Å². The molecular weight excluding hydrogens is 282 g/mol. The molecule has 2 nitrogen and oxygen atoms in total. The lowest BCUT2D eigenvalue weighted by Crippen LogP contribution is -2.18. The van der Waals surface area contributed by atoms with Crippen molar-refractivity contribution in [1.82, 2.24) is 0 Å². The van der Waals surface area contributed by atoms with Crippen LogP contribution < -0.4 is 5.32 Å². The highest BCUT2D eigenvalue weighted by molar-refractivity contribution is 5.94. The van der Waals surface area contributed by atoms with Gasteiger partial charge in [-0.25, -0.2) is 0 Å². The van der Waals surface area contributed by atoms with Crippen molar-refractivity contribution >= 4 is 11.6 Å². The van der Waals surface area contributed by atoms with Gasteiger partial charge in [0.15, 0.2) is 0 Å². The van der Waals surface area contributed by atoms with Gasteiger partial charge in [0, 0.05) is 5.69 Å². The van der Waals surface area contributed by atoms with E-state index in [9.17, 15) is 4.79 Å². The van der Waals surface area contributed by atoms with Crippen molar-refractivity contribution in [2.75, 3.05) is 5.32 Å². The quantitative estimate of drug-likeness (QED) is 0.784. The van der Waals surface area contributed by atoms with Gasteiger partial charge in [0.2, 0.25) is 5.91 Å². The summed E-state index contributed by atoms with van der Waals surface area (Å²) in [4.78, 5) is 12.6. The van der Waals surface area contributed by atoms with Gasteiger partial charge in [0.05, 0.1) is 6.42 Å². The molecule has 0 atom stereocenters. The van der Waals surface area contributed by atoms with Crippen LogP contribution in [0.5, 0.6) is 0 Å². The molecule has 0 spiro atoms. The van der Waals surface area contributed by atoms with Crippen LogP contribution in [0.3, 0.4) is 0 Å². The molecule has 2 heteroatoms. The van der Waals surface area contributed by atoms with Gasteiger partial charge < -0.3 is 5.32 Å². The van der Waals surface area contributed by atoms with Crippen LogP contribution in [-0.2, 0) is 11.2 Å². The Labute approximate surface area is 139 Å². The highest BCUT2D eigenvalue weighted by atomic mass is 16.1. The van der Waals surface area contributed by atoms with Gasteiger partial charge in [-0.05, 0) is 41.0 Å². The van der Waals surface area contributed by atoms with Crippen LogP contribution in [0.1, 0.15) is 61.8 Å². The van der Waals surface area contributed by atoms with Gasteiger partial charge in [0.25, 0.3) is 0 Å². The highest BCUT2D eigenvalue weighted by Crippen LogP contribution is 2.32. The van der Waals surface area contributed by atoms with Crippen LogP contribution in [0.25, 0.3) is 0 Å². The van der Waals surface area contributed by atoms with Crippen LogP contribution in [0.4, 0.5) is 5.69 Å². The van der Waals surface area contributed by atoms with Crippen LogP contribution in [-0.4, -0.2) is 5.91 Å². The Bertz CT molecular complexity index is 660. The zero-order chi connectivity index (χ0) is 17.0. The first-order valence-electron chi connectivity index (χ1n) is 8.37. The maximum atomic E-state index is 12.6. The average Bonchev–Trinajstić information content (AvgIpc) is 2.49. The number of hydrogen-bond donors (Lipinski definition) is 1. The summed E-state index contributed by atoms with van der Waals surface area (Å²) in [7, 11) is 0. The molecule has 122 valence electrons. The summed E-state index contributed by atoms with van der Waals surface area (Å²) in [5, 5.41) is 3.18. The monoisotopic (exact) mass is 309 g/mol. The normalized spacial score (nSPS) is 11.1. The smallest absolute Gasteiger partial charge is 0.228 e.